The van der Waals surface area contributed by atoms with Crippen molar-refractivity contribution in [3.05, 3.63) is 20.3 Å². The summed E-state index contributed by atoms with van der Waals surface area (Å²) in [5.74, 6) is 0.375. The van der Waals surface area contributed by atoms with Gasteiger partial charge in [-0.2, -0.15) is 0 Å². The number of rotatable bonds is 0. The summed E-state index contributed by atoms with van der Waals surface area (Å²) in [4.78, 5) is 0. The molecule has 0 saturated heterocycles. The van der Waals surface area contributed by atoms with Gasteiger partial charge in [0.15, 0.2) is 0 Å². The maximum Gasteiger partial charge on any atom is 0.131 e. The van der Waals surface area contributed by atoms with Crippen LogP contribution in [0, 0.1) is 14.3 Å². The molecule has 0 amide bonds. The standard InChI is InChI=1S/C6H2I4O/c7-2-1-3(11)5(9)6(10)4(2)8/h1,11H. The summed E-state index contributed by atoms with van der Waals surface area (Å²) in [6.07, 6.45) is 0. The lowest BCUT2D eigenvalue weighted by atomic mass is 10.3. The van der Waals surface area contributed by atoms with Gasteiger partial charge in [-0.05, 0) is 96.4 Å². The van der Waals surface area contributed by atoms with E-state index in [9.17, 15) is 5.11 Å². The lowest BCUT2D eigenvalue weighted by Crippen LogP contribution is -1.89. The van der Waals surface area contributed by atoms with Crippen LogP contribution in [-0.4, -0.2) is 5.11 Å². The molecular weight excluding hydrogens is 596 g/mol. The lowest BCUT2D eigenvalue weighted by Gasteiger charge is -2.04. The number of hydrogen-bond acceptors (Lipinski definition) is 1. The minimum absolute atomic E-state index is 0.375. The van der Waals surface area contributed by atoms with Gasteiger partial charge >= 0.3 is 0 Å². The summed E-state index contributed by atoms with van der Waals surface area (Å²) in [6, 6.07) is 1.78. The Bertz CT molecular complexity index is 271. The number of aromatic hydroxyl groups is 1. The fourth-order valence-electron chi connectivity index (χ4n) is 0.560. The van der Waals surface area contributed by atoms with Crippen LogP contribution in [0.3, 0.4) is 0 Å². The van der Waals surface area contributed by atoms with Crippen molar-refractivity contribution in [2.75, 3.05) is 0 Å². The van der Waals surface area contributed by atoms with Gasteiger partial charge in [0, 0.05) is 10.7 Å². The van der Waals surface area contributed by atoms with E-state index in [1.54, 1.807) is 6.07 Å². The van der Waals surface area contributed by atoms with Crippen LogP contribution < -0.4 is 0 Å². The number of phenolic OH excluding ortho intramolecular Hbond substituents is 1. The number of halogens is 4. The van der Waals surface area contributed by atoms with Crippen molar-refractivity contribution in [2.24, 2.45) is 0 Å². The van der Waals surface area contributed by atoms with Gasteiger partial charge in [-0.15, -0.1) is 0 Å². The average Bonchev–Trinajstić information content (AvgIpc) is 1.97. The summed E-state index contributed by atoms with van der Waals surface area (Å²) in [5, 5.41) is 9.38. The van der Waals surface area contributed by atoms with Crippen LogP contribution in [0.1, 0.15) is 0 Å². The van der Waals surface area contributed by atoms with Gasteiger partial charge in [-0.3, -0.25) is 0 Å². The molecule has 0 bridgehead atoms. The van der Waals surface area contributed by atoms with Crippen LogP contribution in [-0.2, 0) is 0 Å². The Balaban J connectivity index is 3.46. The SMILES string of the molecule is Oc1cc(I)c(I)c(I)c1I. The van der Waals surface area contributed by atoms with Crippen molar-refractivity contribution in [3.8, 4) is 5.75 Å². The Labute approximate surface area is 119 Å². The van der Waals surface area contributed by atoms with Gasteiger partial charge in [0.05, 0.1) is 3.57 Å². The second-order valence-electron chi connectivity index (χ2n) is 1.82. The topological polar surface area (TPSA) is 20.2 Å². The Morgan fingerprint density at radius 1 is 0.909 bits per heavy atom. The van der Waals surface area contributed by atoms with Gasteiger partial charge in [-0.25, -0.2) is 0 Å². The normalized spacial score (nSPS) is 10.2. The molecule has 0 aliphatic rings. The smallest absolute Gasteiger partial charge is 0.131 e. The Morgan fingerprint density at radius 3 is 2.00 bits per heavy atom. The van der Waals surface area contributed by atoms with Gasteiger partial charge in [-0.1, -0.05) is 0 Å². The molecule has 0 fully saturated rings. The maximum atomic E-state index is 9.38. The van der Waals surface area contributed by atoms with E-state index in [0.29, 0.717) is 5.75 Å². The van der Waals surface area contributed by atoms with Gasteiger partial charge < -0.3 is 5.11 Å². The fourth-order valence-corrected chi connectivity index (χ4v) is 3.57. The van der Waals surface area contributed by atoms with Crippen molar-refractivity contribution in [1.82, 2.24) is 0 Å². The van der Waals surface area contributed by atoms with Crippen molar-refractivity contribution in [3.63, 3.8) is 0 Å². The summed E-state index contributed by atoms with van der Waals surface area (Å²) in [6.45, 7) is 0. The molecule has 0 radical (unpaired) electrons. The molecule has 1 aromatic rings. The van der Waals surface area contributed by atoms with Crippen molar-refractivity contribution >= 4 is 90.4 Å². The van der Waals surface area contributed by atoms with Crippen LogP contribution in [0.25, 0.3) is 0 Å². The number of hydrogen-bond donors (Lipinski definition) is 1. The maximum absolute atomic E-state index is 9.38. The monoisotopic (exact) mass is 598 g/mol. The van der Waals surface area contributed by atoms with Crippen molar-refractivity contribution < 1.29 is 5.11 Å². The molecule has 0 aliphatic heterocycles. The Hall–Kier alpha value is 1.94. The minimum Gasteiger partial charge on any atom is -0.507 e. The van der Waals surface area contributed by atoms with Gasteiger partial charge in [0.2, 0.25) is 0 Å². The van der Waals surface area contributed by atoms with Gasteiger partial charge in [0.25, 0.3) is 0 Å². The summed E-state index contributed by atoms with van der Waals surface area (Å²) in [7, 11) is 0. The Kier molecular flexibility index (Phi) is 4.45. The Morgan fingerprint density at radius 2 is 1.45 bits per heavy atom. The molecule has 1 aromatic carbocycles. The molecule has 0 heterocycles. The molecule has 1 N–H and O–H groups in total. The van der Waals surface area contributed by atoms with Crippen LogP contribution in [0.15, 0.2) is 6.07 Å². The molecular formula is C6H2I4O. The molecule has 0 atom stereocenters. The number of phenols is 1. The second kappa shape index (κ2) is 4.44. The zero-order valence-corrected chi connectivity index (χ0v) is 13.7. The lowest BCUT2D eigenvalue weighted by molar-refractivity contribution is 0.470. The van der Waals surface area contributed by atoms with Crippen LogP contribution in [0.2, 0.25) is 0 Å². The molecule has 1 rings (SSSR count). The van der Waals surface area contributed by atoms with E-state index in [-0.39, 0.29) is 0 Å². The molecule has 0 aromatic heterocycles. The van der Waals surface area contributed by atoms with E-state index in [1.807, 2.05) is 0 Å². The number of benzene rings is 1. The van der Waals surface area contributed by atoms with Crippen LogP contribution in [0.4, 0.5) is 0 Å². The molecule has 0 saturated carbocycles. The third-order valence-electron chi connectivity index (χ3n) is 1.08. The zero-order chi connectivity index (χ0) is 8.59. The van der Waals surface area contributed by atoms with Gasteiger partial charge in [0.1, 0.15) is 5.75 Å². The molecule has 60 valence electrons. The highest BCUT2D eigenvalue weighted by atomic mass is 127. The summed E-state index contributed by atoms with van der Waals surface area (Å²) in [5.41, 5.74) is 0. The first-order chi connectivity index (χ1) is 5.04. The van der Waals surface area contributed by atoms with E-state index in [4.69, 9.17) is 0 Å². The molecule has 0 spiro atoms. The quantitative estimate of drug-likeness (QED) is 0.274. The molecule has 0 aliphatic carbocycles. The van der Waals surface area contributed by atoms with Crippen molar-refractivity contribution in [1.29, 1.82) is 0 Å². The predicted octanol–water partition coefficient (Wildman–Crippen LogP) is 3.81. The largest absolute Gasteiger partial charge is 0.507 e. The third kappa shape index (κ3) is 2.45. The first-order valence-corrected chi connectivity index (χ1v) is 6.87. The first-order valence-electron chi connectivity index (χ1n) is 2.56. The van der Waals surface area contributed by atoms with Crippen molar-refractivity contribution in [2.45, 2.75) is 0 Å². The summed E-state index contributed by atoms with van der Waals surface area (Å²) >= 11 is 8.88. The minimum atomic E-state index is 0.375. The molecule has 5 heteroatoms. The highest BCUT2D eigenvalue weighted by Crippen LogP contribution is 2.32. The van der Waals surface area contributed by atoms with E-state index in [1.165, 1.54) is 3.57 Å². The van der Waals surface area contributed by atoms with Crippen LogP contribution >= 0.6 is 90.4 Å². The fraction of sp³-hybridized carbons (Fsp3) is 0. The van der Waals surface area contributed by atoms with Crippen LogP contribution in [0.5, 0.6) is 5.75 Å². The molecule has 1 nitrogen and oxygen atoms in total. The molecule has 0 unspecified atom stereocenters. The van der Waals surface area contributed by atoms with E-state index in [0.717, 1.165) is 10.7 Å². The summed E-state index contributed by atoms with van der Waals surface area (Å²) < 4.78 is 4.39. The highest BCUT2D eigenvalue weighted by Gasteiger charge is 2.09. The second-order valence-corrected chi connectivity index (χ2v) is 6.22. The predicted molar refractivity (Wildman–Crippen MR) is 79.0 cm³/mol. The zero-order valence-electron chi connectivity index (χ0n) is 5.04. The molecule has 11 heavy (non-hydrogen) atoms. The van der Waals surface area contributed by atoms with E-state index < -0.39 is 0 Å². The van der Waals surface area contributed by atoms with E-state index in [2.05, 4.69) is 90.4 Å². The average molecular weight is 598 g/mol. The highest BCUT2D eigenvalue weighted by molar-refractivity contribution is 14.1. The third-order valence-corrected chi connectivity index (χ3v) is 8.32. The van der Waals surface area contributed by atoms with E-state index >= 15 is 0 Å². The first kappa shape index (κ1) is 11.0.